The van der Waals surface area contributed by atoms with E-state index in [9.17, 15) is 0 Å². The summed E-state index contributed by atoms with van der Waals surface area (Å²) in [6, 6.07) is 3.58. The Bertz CT molecular complexity index is 318. The summed E-state index contributed by atoms with van der Waals surface area (Å²) in [6.45, 7) is 4.39. The second-order valence-corrected chi connectivity index (χ2v) is 5.12. The molecule has 0 aromatic carbocycles. The lowest BCUT2D eigenvalue weighted by molar-refractivity contribution is 0.750. The van der Waals surface area contributed by atoms with E-state index in [1.807, 2.05) is 17.8 Å². The number of aromatic nitrogens is 1. The third-order valence-electron chi connectivity index (χ3n) is 1.76. The normalized spacial score (nSPS) is 10.7. The van der Waals surface area contributed by atoms with E-state index >= 15 is 0 Å². The second-order valence-electron chi connectivity index (χ2n) is 3.68. The fourth-order valence-electron chi connectivity index (χ4n) is 1.06. The van der Waals surface area contributed by atoms with Crippen LogP contribution in [-0.2, 0) is 5.75 Å². The highest BCUT2D eigenvalue weighted by Gasteiger charge is 2.04. The molecule has 0 saturated carbocycles. The van der Waals surface area contributed by atoms with Crippen molar-refractivity contribution in [2.24, 2.45) is 11.8 Å². The Morgan fingerprint density at radius 2 is 2.27 bits per heavy atom. The lowest BCUT2D eigenvalue weighted by Gasteiger charge is -2.07. The van der Waals surface area contributed by atoms with Crippen molar-refractivity contribution in [3.63, 3.8) is 0 Å². The van der Waals surface area contributed by atoms with Crippen LogP contribution in [0.15, 0.2) is 12.1 Å². The molecule has 0 unspecified atom stereocenters. The molecule has 0 bridgehead atoms. The number of hydrogen-bond acceptors (Lipinski definition) is 4. The smallest absolute Gasteiger partial charge is 0.140 e. The lowest BCUT2D eigenvalue weighted by atomic mass is 10.3. The van der Waals surface area contributed by atoms with E-state index in [0.717, 1.165) is 17.2 Å². The van der Waals surface area contributed by atoms with E-state index in [-0.39, 0.29) is 0 Å². The number of rotatable bonds is 5. The van der Waals surface area contributed by atoms with Crippen LogP contribution < -0.4 is 11.3 Å². The number of halogens is 1. The highest BCUT2D eigenvalue weighted by molar-refractivity contribution is 7.98. The molecule has 5 heteroatoms. The SMILES string of the molecule is CC(C)CSCc1nc(NN)ccc1Cl. The molecule has 0 atom stereocenters. The minimum Gasteiger partial charge on any atom is -0.308 e. The molecule has 1 rings (SSSR count). The van der Waals surface area contributed by atoms with Crippen molar-refractivity contribution in [2.75, 3.05) is 11.2 Å². The molecule has 3 N–H and O–H groups in total. The third-order valence-corrected chi connectivity index (χ3v) is 3.48. The number of nitrogens with one attached hydrogen (secondary N) is 1. The molecule has 0 fully saturated rings. The first-order valence-corrected chi connectivity index (χ1v) is 6.36. The van der Waals surface area contributed by atoms with Crippen LogP contribution in [0.3, 0.4) is 0 Å². The minimum absolute atomic E-state index is 0.652. The zero-order chi connectivity index (χ0) is 11.3. The zero-order valence-corrected chi connectivity index (χ0v) is 10.5. The molecule has 0 radical (unpaired) electrons. The molecular formula is C10H16ClN3S. The van der Waals surface area contributed by atoms with E-state index < -0.39 is 0 Å². The molecule has 0 spiro atoms. The predicted molar refractivity (Wildman–Crippen MR) is 68.1 cm³/mol. The summed E-state index contributed by atoms with van der Waals surface area (Å²) in [5.41, 5.74) is 3.40. The molecule has 1 aromatic heterocycles. The number of hydrogen-bond donors (Lipinski definition) is 2. The van der Waals surface area contributed by atoms with Gasteiger partial charge in [-0.2, -0.15) is 11.8 Å². The van der Waals surface area contributed by atoms with Gasteiger partial charge in [-0.3, -0.25) is 0 Å². The van der Waals surface area contributed by atoms with Crippen LogP contribution >= 0.6 is 23.4 Å². The van der Waals surface area contributed by atoms with Crippen LogP contribution in [0.4, 0.5) is 5.82 Å². The van der Waals surface area contributed by atoms with Gasteiger partial charge in [0.05, 0.1) is 10.7 Å². The molecule has 0 aliphatic rings. The predicted octanol–water partition coefficient (Wildman–Crippen LogP) is 2.91. The van der Waals surface area contributed by atoms with Gasteiger partial charge in [0.2, 0.25) is 0 Å². The maximum atomic E-state index is 6.02. The quantitative estimate of drug-likeness (QED) is 0.619. The first-order valence-electron chi connectivity index (χ1n) is 4.83. The highest BCUT2D eigenvalue weighted by atomic mass is 35.5. The van der Waals surface area contributed by atoms with Crippen molar-refractivity contribution in [1.29, 1.82) is 0 Å². The Morgan fingerprint density at radius 1 is 1.53 bits per heavy atom. The van der Waals surface area contributed by atoms with Crippen LogP contribution in [0.25, 0.3) is 0 Å². The number of nitrogens with zero attached hydrogens (tertiary/aromatic N) is 1. The Kier molecular flexibility index (Phi) is 5.22. The largest absolute Gasteiger partial charge is 0.308 e. The molecule has 15 heavy (non-hydrogen) atoms. The van der Waals surface area contributed by atoms with Gasteiger partial charge in [-0.15, -0.1) is 0 Å². The highest BCUT2D eigenvalue weighted by Crippen LogP contribution is 2.22. The number of pyridine rings is 1. The van der Waals surface area contributed by atoms with Gasteiger partial charge in [-0.25, -0.2) is 10.8 Å². The Hall–Kier alpha value is -0.450. The molecule has 84 valence electrons. The molecule has 0 amide bonds. The van der Waals surface area contributed by atoms with Crippen LogP contribution in [0, 0.1) is 5.92 Å². The summed E-state index contributed by atoms with van der Waals surface area (Å²) in [7, 11) is 0. The molecule has 1 aromatic rings. The average molecular weight is 246 g/mol. The van der Waals surface area contributed by atoms with Crippen LogP contribution in [0.5, 0.6) is 0 Å². The van der Waals surface area contributed by atoms with Crippen molar-refractivity contribution in [2.45, 2.75) is 19.6 Å². The molecule has 0 aliphatic heterocycles. The van der Waals surface area contributed by atoms with E-state index in [1.54, 1.807) is 6.07 Å². The molecule has 0 saturated heterocycles. The van der Waals surface area contributed by atoms with E-state index in [4.69, 9.17) is 17.4 Å². The summed E-state index contributed by atoms with van der Waals surface area (Å²) in [6.07, 6.45) is 0. The molecule has 1 heterocycles. The first-order chi connectivity index (χ1) is 7.13. The maximum Gasteiger partial charge on any atom is 0.140 e. The van der Waals surface area contributed by atoms with Crippen molar-refractivity contribution in [1.82, 2.24) is 4.98 Å². The fraction of sp³-hybridized carbons (Fsp3) is 0.500. The number of hydrazine groups is 1. The monoisotopic (exact) mass is 245 g/mol. The van der Waals surface area contributed by atoms with Gasteiger partial charge in [0.25, 0.3) is 0 Å². The van der Waals surface area contributed by atoms with Gasteiger partial charge in [-0.1, -0.05) is 25.4 Å². The topological polar surface area (TPSA) is 50.9 Å². The lowest BCUT2D eigenvalue weighted by Crippen LogP contribution is -2.09. The van der Waals surface area contributed by atoms with Crippen molar-refractivity contribution in [3.05, 3.63) is 22.8 Å². The van der Waals surface area contributed by atoms with Gasteiger partial charge < -0.3 is 5.43 Å². The second kappa shape index (κ2) is 6.20. The van der Waals surface area contributed by atoms with Crippen molar-refractivity contribution >= 4 is 29.2 Å². The van der Waals surface area contributed by atoms with E-state index in [1.165, 1.54) is 0 Å². The summed E-state index contributed by atoms with van der Waals surface area (Å²) < 4.78 is 0. The number of nitrogen functional groups attached to an aromatic ring is 1. The average Bonchev–Trinajstić information content (AvgIpc) is 2.20. The summed E-state index contributed by atoms with van der Waals surface area (Å²) >= 11 is 7.86. The summed E-state index contributed by atoms with van der Waals surface area (Å²) in [5.74, 6) is 8.56. The van der Waals surface area contributed by atoms with Crippen LogP contribution in [0.1, 0.15) is 19.5 Å². The van der Waals surface area contributed by atoms with Crippen LogP contribution in [-0.4, -0.2) is 10.7 Å². The van der Waals surface area contributed by atoms with Gasteiger partial charge >= 0.3 is 0 Å². The minimum atomic E-state index is 0.652. The van der Waals surface area contributed by atoms with E-state index in [2.05, 4.69) is 24.3 Å². The molecule has 3 nitrogen and oxygen atoms in total. The first kappa shape index (κ1) is 12.6. The van der Waals surface area contributed by atoms with Crippen molar-refractivity contribution in [3.8, 4) is 0 Å². The van der Waals surface area contributed by atoms with Crippen molar-refractivity contribution < 1.29 is 0 Å². The number of nitrogens with two attached hydrogens (primary N) is 1. The summed E-state index contributed by atoms with van der Waals surface area (Å²) in [4.78, 5) is 4.30. The van der Waals surface area contributed by atoms with Gasteiger partial charge in [0, 0.05) is 5.75 Å². The van der Waals surface area contributed by atoms with E-state index in [0.29, 0.717) is 16.8 Å². The Labute approximate surface area is 99.8 Å². The van der Waals surface area contributed by atoms with Gasteiger partial charge in [0.15, 0.2) is 0 Å². The third kappa shape index (κ3) is 4.28. The van der Waals surface area contributed by atoms with Gasteiger partial charge in [0.1, 0.15) is 5.82 Å². The standard InChI is InChI=1S/C10H16ClN3S/c1-7(2)5-15-6-9-8(11)3-4-10(13-9)14-12/h3-4,7H,5-6,12H2,1-2H3,(H,13,14). The Balaban J connectivity index is 2.59. The zero-order valence-electron chi connectivity index (χ0n) is 8.96. The fourth-order valence-corrected chi connectivity index (χ4v) is 2.31. The summed E-state index contributed by atoms with van der Waals surface area (Å²) in [5, 5.41) is 0.699. The molecular weight excluding hydrogens is 230 g/mol. The van der Waals surface area contributed by atoms with Gasteiger partial charge in [-0.05, 0) is 23.8 Å². The molecule has 0 aliphatic carbocycles. The maximum absolute atomic E-state index is 6.02. The number of anilines is 1. The Morgan fingerprint density at radius 3 is 2.87 bits per heavy atom. The number of thioether (sulfide) groups is 1. The van der Waals surface area contributed by atoms with Crippen LogP contribution in [0.2, 0.25) is 5.02 Å².